The molecule has 1 amide bonds. The summed E-state index contributed by atoms with van der Waals surface area (Å²) >= 11 is 0. The molecule has 1 aromatic heterocycles. The van der Waals surface area contributed by atoms with Crippen LogP contribution in [0.4, 0.5) is 0 Å². The van der Waals surface area contributed by atoms with Crippen LogP contribution in [0.3, 0.4) is 0 Å². The van der Waals surface area contributed by atoms with E-state index in [1.54, 1.807) is 11.0 Å². The molecule has 1 unspecified atom stereocenters. The molecule has 0 radical (unpaired) electrons. The zero-order chi connectivity index (χ0) is 10.7. The number of hydrogen-bond donors (Lipinski definition) is 1. The minimum Gasteiger partial charge on any atom is -0.394 e. The third-order valence-corrected chi connectivity index (χ3v) is 2.76. The van der Waals surface area contributed by atoms with E-state index in [0.717, 1.165) is 19.3 Å². The average molecular weight is 210 g/mol. The predicted octanol–water partition coefficient (Wildman–Crippen LogP) is 0.662. The Morgan fingerprint density at radius 3 is 3.20 bits per heavy atom. The van der Waals surface area contributed by atoms with E-state index in [2.05, 4.69) is 9.68 Å². The maximum atomic E-state index is 11.9. The molecule has 15 heavy (non-hydrogen) atoms. The lowest BCUT2D eigenvalue weighted by Crippen LogP contribution is -2.45. The van der Waals surface area contributed by atoms with Gasteiger partial charge in [-0.25, -0.2) is 0 Å². The number of aliphatic hydroxyl groups excluding tert-OH is 1. The monoisotopic (exact) mass is 210 g/mol. The van der Waals surface area contributed by atoms with E-state index in [4.69, 9.17) is 0 Å². The summed E-state index contributed by atoms with van der Waals surface area (Å²) in [6, 6.07) is 1.48. The Morgan fingerprint density at radius 1 is 1.67 bits per heavy atom. The summed E-state index contributed by atoms with van der Waals surface area (Å²) in [5, 5.41) is 12.8. The second kappa shape index (κ2) is 4.44. The van der Waals surface area contributed by atoms with E-state index in [1.165, 1.54) is 6.26 Å². The molecule has 0 aromatic carbocycles. The number of piperidine rings is 1. The number of likely N-dealkylation sites (tertiary alicyclic amines) is 1. The minimum absolute atomic E-state index is 0.0175. The standard InChI is InChI=1S/C10H14N2O3/c13-7-8-3-1-2-5-12(8)10(14)9-4-6-15-11-9/h4,6,8,13H,1-3,5,7H2. The van der Waals surface area contributed by atoms with E-state index in [9.17, 15) is 9.90 Å². The number of rotatable bonds is 2. The third-order valence-electron chi connectivity index (χ3n) is 2.76. The number of hydrogen-bond acceptors (Lipinski definition) is 4. The van der Waals surface area contributed by atoms with Gasteiger partial charge in [-0.05, 0) is 19.3 Å². The van der Waals surface area contributed by atoms with Crippen LogP contribution in [0, 0.1) is 0 Å². The van der Waals surface area contributed by atoms with Crippen LogP contribution in [0.2, 0.25) is 0 Å². The molecule has 0 spiro atoms. The quantitative estimate of drug-likeness (QED) is 0.778. The number of aliphatic hydroxyl groups is 1. The predicted molar refractivity (Wildman–Crippen MR) is 52.3 cm³/mol. The van der Waals surface area contributed by atoms with Crippen molar-refractivity contribution in [3.63, 3.8) is 0 Å². The molecule has 5 nitrogen and oxygen atoms in total. The molecule has 1 fully saturated rings. The first kappa shape index (κ1) is 10.2. The van der Waals surface area contributed by atoms with Crippen molar-refractivity contribution in [2.75, 3.05) is 13.2 Å². The zero-order valence-corrected chi connectivity index (χ0v) is 8.43. The molecule has 1 aliphatic rings. The van der Waals surface area contributed by atoms with Gasteiger partial charge < -0.3 is 14.5 Å². The average Bonchev–Trinajstić information content (AvgIpc) is 2.81. The molecular formula is C10H14N2O3. The number of aromatic nitrogens is 1. The van der Waals surface area contributed by atoms with Crippen LogP contribution in [0.15, 0.2) is 16.9 Å². The number of carbonyl (C=O) groups is 1. The van der Waals surface area contributed by atoms with Gasteiger partial charge in [0.25, 0.3) is 5.91 Å². The molecule has 82 valence electrons. The molecule has 0 bridgehead atoms. The minimum atomic E-state index is -0.150. The summed E-state index contributed by atoms with van der Waals surface area (Å²) in [6.07, 6.45) is 4.29. The number of nitrogens with zero attached hydrogens (tertiary/aromatic N) is 2. The SMILES string of the molecule is O=C(c1ccon1)N1CCCCC1CO. The van der Waals surface area contributed by atoms with Crippen LogP contribution in [-0.4, -0.2) is 40.3 Å². The van der Waals surface area contributed by atoms with Crippen LogP contribution < -0.4 is 0 Å². The Kier molecular flexibility index (Phi) is 3.01. The maximum Gasteiger partial charge on any atom is 0.276 e. The first-order valence-electron chi connectivity index (χ1n) is 5.15. The second-order valence-electron chi connectivity index (χ2n) is 3.72. The van der Waals surface area contributed by atoms with Crippen molar-refractivity contribution in [1.82, 2.24) is 10.1 Å². The molecule has 1 aromatic rings. The van der Waals surface area contributed by atoms with Crippen molar-refractivity contribution in [3.8, 4) is 0 Å². The highest BCUT2D eigenvalue weighted by Gasteiger charge is 2.27. The van der Waals surface area contributed by atoms with Gasteiger partial charge in [0.1, 0.15) is 6.26 Å². The fourth-order valence-corrected chi connectivity index (χ4v) is 1.93. The van der Waals surface area contributed by atoms with Gasteiger partial charge >= 0.3 is 0 Å². The molecule has 1 N–H and O–H groups in total. The van der Waals surface area contributed by atoms with Gasteiger partial charge in [0.2, 0.25) is 0 Å². The molecule has 0 saturated carbocycles. The van der Waals surface area contributed by atoms with Crippen LogP contribution in [-0.2, 0) is 0 Å². The summed E-state index contributed by atoms with van der Waals surface area (Å²) < 4.78 is 4.64. The molecule has 2 heterocycles. The molecule has 0 aliphatic carbocycles. The molecule has 2 rings (SSSR count). The number of carbonyl (C=O) groups excluding carboxylic acids is 1. The Hall–Kier alpha value is -1.36. The largest absolute Gasteiger partial charge is 0.394 e. The van der Waals surface area contributed by atoms with E-state index in [0.29, 0.717) is 12.2 Å². The van der Waals surface area contributed by atoms with Crippen molar-refractivity contribution in [2.45, 2.75) is 25.3 Å². The van der Waals surface area contributed by atoms with Gasteiger partial charge in [-0.1, -0.05) is 5.16 Å². The van der Waals surface area contributed by atoms with E-state index >= 15 is 0 Å². The van der Waals surface area contributed by atoms with Gasteiger partial charge in [0, 0.05) is 12.6 Å². The normalized spacial score (nSPS) is 21.7. The lowest BCUT2D eigenvalue weighted by Gasteiger charge is -2.33. The molecule has 1 saturated heterocycles. The van der Waals surface area contributed by atoms with Gasteiger partial charge in [-0.2, -0.15) is 0 Å². The number of amides is 1. The molecule has 1 atom stereocenters. The fourth-order valence-electron chi connectivity index (χ4n) is 1.93. The lowest BCUT2D eigenvalue weighted by molar-refractivity contribution is 0.0493. The fraction of sp³-hybridized carbons (Fsp3) is 0.600. The van der Waals surface area contributed by atoms with Gasteiger partial charge in [-0.3, -0.25) is 4.79 Å². The zero-order valence-electron chi connectivity index (χ0n) is 8.43. The first-order chi connectivity index (χ1) is 7.33. The molecule has 5 heteroatoms. The van der Waals surface area contributed by atoms with E-state index in [-0.39, 0.29) is 18.6 Å². The second-order valence-corrected chi connectivity index (χ2v) is 3.72. The summed E-state index contributed by atoms with van der Waals surface area (Å²) in [7, 11) is 0. The lowest BCUT2D eigenvalue weighted by atomic mass is 10.0. The molecular weight excluding hydrogens is 196 g/mol. The Labute approximate surface area is 87.7 Å². The van der Waals surface area contributed by atoms with Crippen molar-refractivity contribution in [1.29, 1.82) is 0 Å². The topological polar surface area (TPSA) is 66.6 Å². The molecule has 1 aliphatic heterocycles. The summed E-state index contributed by atoms with van der Waals surface area (Å²) in [5.74, 6) is -0.150. The summed E-state index contributed by atoms with van der Waals surface area (Å²) in [5.41, 5.74) is 0.315. The van der Waals surface area contributed by atoms with E-state index < -0.39 is 0 Å². The maximum absolute atomic E-state index is 11.9. The highest BCUT2D eigenvalue weighted by Crippen LogP contribution is 2.18. The van der Waals surface area contributed by atoms with Crippen molar-refractivity contribution in [2.24, 2.45) is 0 Å². The summed E-state index contributed by atoms with van der Waals surface area (Å²) in [6.45, 7) is 0.709. The van der Waals surface area contributed by atoms with Crippen LogP contribution >= 0.6 is 0 Å². The van der Waals surface area contributed by atoms with Crippen molar-refractivity contribution >= 4 is 5.91 Å². The Bertz CT molecular complexity index is 323. The summed E-state index contributed by atoms with van der Waals surface area (Å²) in [4.78, 5) is 13.6. The van der Waals surface area contributed by atoms with Crippen molar-refractivity contribution < 1.29 is 14.4 Å². The van der Waals surface area contributed by atoms with Crippen LogP contribution in [0.1, 0.15) is 29.8 Å². The van der Waals surface area contributed by atoms with Gasteiger partial charge in [-0.15, -0.1) is 0 Å². The Balaban J connectivity index is 2.11. The smallest absolute Gasteiger partial charge is 0.276 e. The highest BCUT2D eigenvalue weighted by atomic mass is 16.5. The Morgan fingerprint density at radius 2 is 2.53 bits per heavy atom. The van der Waals surface area contributed by atoms with Gasteiger partial charge in [0.15, 0.2) is 5.69 Å². The van der Waals surface area contributed by atoms with Gasteiger partial charge in [0.05, 0.1) is 12.6 Å². The van der Waals surface area contributed by atoms with Crippen LogP contribution in [0.5, 0.6) is 0 Å². The van der Waals surface area contributed by atoms with Crippen molar-refractivity contribution in [3.05, 3.63) is 18.0 Å². The highest BCUT2D eigenvalue weighted by molar-refractivity contribution is 5.92. The first-order valence-corrected chi connectivity index (χ1v) is 5.15. The third kappa shape index (κ3) is 2.02. The van der Waals surface area contributed by atoms with E-state index in [1.807, 2.05) is 0 Å². The van der Waals surface area contributed by atoms with Crippen LogP contribution in [0.25, 0.3) is 0 Å².